The number of nitrogens with zero attached hydrogens (tertiary/aromatic N) is 1. The Morgan fingerprint density at radius 2 is 2.43 bits per heavy atom. The lowest BCUT2D eigenvalue weighted by Crippen LogP contribution is -2.26. The fraction of sp³-hybridized carbons (Fsp3) is 0.545. The van der Waals surface area contributed by atoms with Gasteiger partial charge in [0.1, 0.15) is 5.69 Å². The van der Waals surface area contributed by atoms with Gasteiger partial charge in [-0.3, -0.25) is 4.79 Å². The standard InChI is InChI=1S/C11H12N2O/c1-6-2-3-13-9(6)10(14)12-5-8-7-4-11(7,8)13/h2-3,7-8H,4-5H2,1H3,(H,12,14). The van der Waals surface area contributed by atoms with E-state index in [2.05, 4.69) is 22.1 Å². The molecule has 3 aliphatic rings. The van der Waals surface area contributed by atoms with E-state index in [-0.39, 0.29) is 5.91 Å². The van der Waals surface area contributed by atoms with Crippen molar-refractivity contribution in [2.24, 2.45) is 11.8 Å². The third-order valence-electron chi connectivity index (χ3n) is 4.28. The number of fused-ring (bicyclic) bond motifs is 2. The molecule has 3 unspecified atom stereocenters. The van der Waals surface area contributed by atoms with Crippen molar-refractivity contribution in [1.82, 2.24) is 9.88 Å². The predicted molar refractivity (Wildman–Crippen MR) is 51.1 cm³/mol. The van der Waals surface area contributed by atoms with Gasteiger partial charge in [0.25, 0.3) is 5.91 Å². The van der Waals surface area contributed by atoms with Crippen LogP contribution in [0, 0.1) is 18.8 Å². The van der Waals surface area contributed by atoms with E-state index < -0.39 is 0 Å². The van der Waals surface area contributed by atoms with Gasteiger partial charge in [-0.25, -0.2) is 0 Å². The Balaban J connectivity index is 1.99. The predicted octanol–water partition coefficient (Wildman–Crippen LogP) is 0.885. The minimum absolute atomic E-state index is 0.111. The first-order valence-corrected chi connectivity index (χ1v) is 5.22. The van der Waals surface area contributed by atoms with Crippen LogP contribution in [0.15, 0.2) is 12.3 Å². The minimum atomic E-state index is 0.111. The van der Waals surface area contributed by atoms with Gasteiger partial charge in [0.05, 0.1) is 5.54 Å². The van der Waals surface area contributed by atoms with E-state index >= 15 is 0 Å². The molecule has 0 bridgehead atoms. The molecule has 2 fully saturated rings. The quantitative estimate of drug-likeness (QED) is 0.644. The van der Waals surface area contributed by atoms with E-state index in [1.54, 1.807) is 0 Å². The Hall–Kier alpha value is -1.25. The van der Waals surface area contributed by atoms with Crippen LogP contribution in [-0.4, -0.2) is 17.0 Å². The number of hydrogen-bond acceptors (Lipinski definition) is 1. The van der Waals surface area contributed by atoms with Gasteiger partial charge in [0, 0.05) is 18.7 Å². The molecule has 14 heavy (non-hydrogen) atoms. The van der Waals surface area contributed by atoms with Gasteiger partial charge in [-0.1, -0.05) is 0 Å². The molecule has 2 saturated carbocycles. The van der Waals surface area contributed by atoms with Crippen LogP contribution in [0.1, 0.15) is 22.5 Å². The minimum Gasteiger partial charge on any atom is -0.350 e. The second kappa shape index (κ2) is 1.76. The van der Waals surface area contributed by atoms with Crippen LogP contribution >= 0.6 is 0 Å². The van der Waals surface area contributed by atoms with E-state index in [0.29, 0.717) is 5.54 Å². The molecule has 1 N–H and O–H groups in total. The Labute approximate surface area is 82.1 Å². The lowest BCUT2D eigenvalue weighted by molar-refractivity contribution is 0.0947. The first kappa shape index (κ1) is 7.10. The average Bonchev–Trinajstić information content (AvgIpc) is 2.96. The lowest BCUT2D eigenvalue weighted by atomic mass is 10.1. The maximum absolute atomic E-state index is 11.8. The number of carbonyl (C=O) groups excluding carboxylic acids is 1. The van der Waals surface area contributed by atoms with E-state index in [0.717, 1.165) is 29.6 Å². The molecule has 0 aromatic carbocycles. The number of amides is 1. The second-order valence-electron chi connectivity index (χ2n) is 4.84. The number of carbonyl (C=O) groups is 1. The van der Waals surface area contributed by atoms with Crippen LogP contribution in [0.2, 0.25) is 0 Å². The largest absolute Gasteiger partial charge is 0.350 e. The highest BCUT2D eigenvalue weighted by atomic mass is 16.2. The van der Waals surface area contributed by atoms with E-state index in [9.17, 15) is 4.79 Å². The zero-order valence-corrected chi connectivity index (χ0v) is 8.08. The Kier molecular flexibility index (Phi) is 0.894. The summed E-state index contributed by atoms with van der Waals surface area (Å²) >= 11 is 0. The van der Waals surface area contributed by atoms with Gasteiger partial charge in [0.15, 0.2) is 0 Å². The van der Waals surface area contributed by atoms with Crippen LogP contribution in [0.4, 0.5) is 0 Å². The van der Waals surface area contributed by atoms with Crippen molar-refractivity contribution < 1.29 is 4.79 Å². The number of nitrogens with one attached hydrogen (secondary N) is 1. The molecule has 2 heterocycles. The van der Waals surface area contributed by atoms with Crippen molar-refractivity contribution in [1.29, 1.82) is 0 Å². The highest BCUT2D eigenvalue weighted by molar-refractivity contribution is 5.95. The van der Waals surface area contributed by atoms with Crippen LogP contribution < -0.4 is 5.32 Å². The molecule has 3 atom stereocenters. The third-order valence-corrected chi connectivity index (χ3v) is 4.28. The second-order valence-corrected chi connectivity index (χ2v) is 4.84. The molecule has 1 aromatic heterocycles. The van der Waals surface area contributed by atoms with Crippen LogP contribution in [-0.2, 0) is 5.54 Å². The molecule has 2 aliphatic carbocycles. The van der Waals surface area contributed by atoms with E-state index in [1.807, 2.05) is 6.92 Å². The molecule has 3 heteroatoms. The normalized spacial score (nSPS) is 41.6. The van der Waals surface area contributed by atoms with E-state index in [4.69, 9.17) is 0 Å². The number of hydrogen-bond donors (Lipinski definition) is 1. The molecule has 3 nitrogen and oxygen atoms in total. The third kappa shape index (κ3) is 0.534. The topological polar surface area (TPSA) is 34.0 Å². The molecular weight excluding hydrogens is 176 g/mol. The summed E-state index contributed by atoms with van der Waals surface area (Å²) in [6.07, 6.45) is 3.38. The Morgan fingerprint density at radius 1 is 1.57 bits per heavy atom. The van der Waals surface area contributed by atoms with Crippen molar-refractivity contribution in [3.05, 3.63) is 23.5 Å². The maximum atomic E-state index is 11.8. The number of aryl methyl sites for hydroxylation is 1. The first-order chi connectivity index (χ1) is 6.75. The molecule has 1 aliphatic heterocycles. The number of rotatable bonds is 0. The Bertz CT molecular complexity index is 462. The zero-order valence-electron chi connectivity index (χ0n) is 8.08. The Morgan fingerprint density at radius 3 is 3.21 bits per heavy atom. The molecule has 1 spiro atoms. The van der Waals surface area contributed by atoms with Gasteiger partial charge in [-0.05, 0) is 30.9 Å². The monoisotopic (exact) mass is 188 g/mol. The zero-order chi connectivity index (χ0) is 9.50. The lowest BCUT2D eigenvalue weighted by Gasteiger charge is -2.10. The summed E-state index contributed by atoms with van der Waals surface area (Å²) in [5.41, 5.74) is 2.37. The van der Waals surface area contributed by atoms with Gasteiger partial charge in [-0.15, -0.1) is 0 Å². The van der Waals surface area contributed by atoms with Crippen LogP contribution in [0.5, 0.6) is 0 Å². The first-order valence-electron chi connectivity index (χ1n) is 5.22. The van der Waals surface area contributed by atoms with Crippen molar-refractivity contribution >= 4 is 5.91 Å². The average molecular weight is 188 g/mol. The molecule has 1 aromatic rings. The number of aromatic nitrogens is 1. The highest BCUT2D eigenvalue weighted by Gasteiger charge is 2.80. The fourth-order valence-corrected chi connectivity index (χ4v) is 3.24. The SMILES string of the molecule is Cc1ccn2c1C(=O)NCC1C3CC132. The van der Waals surface area contributed by atoms with Gasteiger partial charge >= 0.3 is 0 Å². The van der Waals surface area contributed by atoms with Crippen molar-refractivity contribution in [2.75, 3.05) is 6.54 Å². The summed E-state index contributed by atoms with van der Waals surface area (Å²) in [5, 5.41) is 3.01. The van der Waals surface area contributed by atoms with Crippen molar-refractivity contribution in [2.45, 2.75) is 18.9 Å². The summed E-state index contributed by atoms with van der Waals surface area (Å²) in [7, 11) is 0. The summed E-state index contributed by atoms with van der Waals surface area (Å²) in [6.45, 7) is 2.90. The smallest absolute Gasteiger partial charge is 0.268 e. The summed E-state index contributed by atoms with van der Waals surface area (Å²) < 4.78 is 2.24. The molecular formula is C11H12N2O. The maximum Gasteiger partial charge on any atom is 0.268 e. The fourth-order valence-electron chi connectivity index (χ4n) is 3.24. The van der Waals surface area contributed by atoms with Crippen LogP contribution in [0.3, 0.4) is 0 Å². The molecule has 1 amide bonds. The van der Waals surface area contributed by atoms with Gasteiger partial charge in [0.2, 0.25) is 0 Å². The highest BCUT2D eigenvalue weighted by Crippen LogP contribution is 2.77. The summed E-state index contributed by atoms with van der Waals surface area (Å²) in [4.78, 5) is 11.8. The molecule has 4 rings (SSSR count). The van der Waals surface area contributed by atoms with Crippen LogP contribution in [0.25, 0.3) is 0 Å². The molecule has 0 saturated heterocycles. The molecule has 72 valence electrons. The van der Waals surface area contributed by atoms with Crippen molar-refractivity contribution in [3.8, 4) is 0 Å². The van der Waals surface area contributed by atoms with Crippen molar-refractivity contribution in [3.63, 3.8) is 0 Å². The summed E-state index contributed by atoms with van der Waals surface area (Å²) in [6, 6.07) is 2.06. The van der Waals surface area contributed by atoms with Gasteiger partial charge in [-0.2, -0.15) is 0 Å². The van der Waals surface area contributed by atoms with Gasteiger partial charge < -0.3 is 9.88 Å². The van der Waals surface area contributed by atoms with E-state index in [1.165, 1.54) is 6.42 Å². The summed E-state index contributed by atoms with van der Waals surface area (Å²) in [5.74, 6) is 1.69. The molecule has 0 radical (unpaired) electrons.